The summed E-state index contributed by atoms with van der Waals surface area (Å²) in [5.41, 5.74) is 2.45. The fourth-order valence-electron chi connectivity index (χ4n) is 4.71. The molecule has 0 unspecified atom stereocenters. The highest BCUT2D eigenvalue weighted by molar-refractivity contribution is 6.05. The van der Waals surface area contributed by atoms with Crippen LogP contribution < -0.4 is 0 Å². The minimum Gasteiger partial charge on any atom is -0.468 e. The Morgan fingerprint density at radius 2 is 1.73 bits per heavy atom. The second-order valence-electron chi connectivity index (χ2n) is 9.40. The lowest BCUT2D eigenvalue weighted by Crippen LogP contribution is -2.49. The Kier molecular flexibility index (Phi) is 6.23. The fourth-order valence-corrected chi connectivity index (χ4v) is 4.71. The number of methoxy groups -OCH3 is 1. The second-order valence-corrected chi connectivity index (χ2v) is 9.40. The van der Waals surface area contributed by atoms with Gasteiger partial charge >= 0.3 is 5.97 Å². The van der Waals surface area contributed by atoms with E-state index in [1.54, 1.807) is 6.20 Å². The van der Waals surface area contributed by atoms with Gasteiger partial charge in [-0.15, -0.1) is 0 Å². The van der Waals surface area contributed by atoms with Crippen molar-refractivity contribution in [2.45, 2.75) is 57.9 Å². The predicted octanol–water partition coefficient (Wildman–Crippen LogP) is 4.48. The van der Waals surface area contributed by atoms with Crippen LogP contribution in [-0.4, -0.2) is 51.7 Å². The van der Waals surface area contributed by atoms with Crippen LogP contribution in [0.4, 0.5) is 0 Å². The Morgan fingerprint density at radius 1 is 1.06 bits per heavy atom. The van der Waals surface area contributed by atoms with Gasteiger partial charge in [0.05, 0.1) is 29.7 Å². The largest absolute Gasteiger partial charge is 0.468 e. The Bertz CT molecular complexity index is 1160. The van der Waals surface area contributed by atoms with E-state index < -0.39 is 5.41 Å². The molecular weight excluding hydrogens is 416 g/mol. The van der Waals surface area contributed by atoms with Crippen LogP contribution in [0, 0.1) is 0 Å². The zero-order valence-electron chi connectivity index (χ0n) is 20.0. The van der Waals surface area contributed by atoms with Gasteiger partial charge in [-0.2, -0.15) is 5.10 Å². The number of benzene rings is 1. The van der Waals surface area contributed by atoms with Gasteiger partial charge in [0.2, 0.25) is 0 Å². The molecule has 0 atom stereocenters. The summed E-state index contributed by atoms with van der Waals surface area (Å²) < 4.78 is 7.06. The van der Waals surface area contributed by atoms with Crippen molar-refractivity contribution < 1.29 is 14.3 Å². The zero-order valence-corrected chi connectivity index (χ0v) is 20.0. The van der Waals surface area contributed by atoms with Gasteiger partial charge in [-0.05, 0) is 44.2 Å². The number of esters is 1. The molecule has 3 aromatic rings. The summed E-state index contributed by atoms with van der Waals surface area (Å²) in [5, 5.41) is 5.27. The van der Waals surface area contributed by atoms with Crippen LogP contribution in [-0.2, 0) is 14.9 Å². The lowest BCUT2D eigenvalue weighted by molar-refractivity contribution is -0.149. The number of piperidine rings is 1. The van der Waals surface area contributed by atoms with Crippen molar-refractivity contribution in [3.63, 3.8) is 0 Å². The number of carbonyl (C=O) groups excluding carboxylic acids is 2. The third-order valence-electron chi connectivity index (χ3n) is 6.70. The minimum absolute atomic E-state index is 0.0425. The molecule has 1 aliphatic heterocycles. The average molecular weight is 449 g/mol. The second kappa shape index (κ2) is 8.96. The molecule has 2 aromatic heterocycles. The maximum absolute atomic E-state index is 13.7. The maximum atomic E-state index is 13.7. The van der Waals surface area contributed by atoms with Crippen molar-refractivity contribution in [1.82, 2.24) is 19.7 Å². The first-order chi connectivity index (χ1) is 15.8. The van der Waals surface area contributed by atoms with E-state index in [-0.39, 0.29) is 23.8 Å². The average Bonchev–Trinajstić information content (AvgIpc) is 3.27. The fraction of sp³-hybridized carbons (Fsp3) is 0.462. The Hall–Kier alpha value is -3.22. The Labute approximate surface area is 194 Å². The van der Waals surface area contributed by atoms with Crippen molar-refractivity contribution in [2.75, 3.05) is 20.2 Å². The van der Waals surface area contributed by atoms with Crippen molar-refractivity contribution in [3.8, 4) is 0 Å². The van der Waals surface area contributed by atoms with Crippen LogP contribution in [0.1, 0.15) is 74.1 Å². The van der Waals surface area contributed by atoms with Crippen molar-refractivity contribution in [2.24, 2.45) is 0 Å². The third-order valence-corrected chi connectivity index (χ3v) is 6.70. The molecule has 0 spiro atoms. The molecule has 0 saturated carbocycles. The zero-order chi connectivity index (χ0) is 23.8. The molecular formula is C26H32N4O3. The van der Waals surface area contributed by atoms with E-state index in [4.69, 9.17) is 9.72 Å². The quantitative estimate of drug-likeness (QED) is 0.538. The normalized spacial score (nSPS) is 15.9. The molecule has 3 heterocycles. The number of likely N-dealkylation sites (tertiary alicyclic amines) is 1. The van der Waals surface area contributed by atoms with Crippen molar-refractivity contribution >= 4 is 22.9 Å². The standard InChI is InChI=1S/C26H32N4O3/c1-17(2)22-15-20(21-16-27-30(18(3)4)23(21)28-22)24(31)29-13-11-26(12-14-29,25(32)33-5)19-9-7-6-8-10-19/h6-10,15-18H,11-14H2,1-5H3. The van der Waals surface area contributed by atoms with E-state index in [2.05, 4.69) is 32.8 Å². The Morgan fingerprint density at radius 3 is 2.30 bits per heavy atom. The topological polar surface area (TPSA) is 77.3 Å². The molecule has 1 aromatic carbocycles. The van der Waals surface area contributed by atoms with E-state index in [0.29, 0.717) is 31.5 Å². The van der Waals surface area contributed by atoms with Crippen LogP contribution in [0.15, 0.2) is 42.6 Å². The van der Waals surface area contributed by atoms with E-state index in [9.17, 15) is 9.59 Å². The molecule has 174 valence electrons. The van der Waals surface area contributed by atoms with Crippen molar-refractivity contribution in [3.05, 3.63) is 59.4 Å². The van der Waals surface area contributed by atoms with E-state index in [1.165, 1.54) is 7.11 Å². The molecule has 0 bridgehead atoms. The lowest BCUT2D eigenvalue weighted by atomic mass is 9.72. The molecule has 0 aliphatic carbocycles. The first-order valence-electron chi connectivity index (χ1n) is 11.6. The van der Waals surface area contributed by atoms with Gasteiger partial charge in [-0.3, -0.25) is 9.59 Å². The van der Waals surface area contributed by atoms with E-state index in [1.807, 2.05) is 46.0 Å². The first kappa shape index (κ1) is 23.0. The molecule has 7 heteroatoms. The van der Waals surface area contributed by atoms with Gasteiger partial charge in [0, 0.05) is 24.8 Å². The summed E-state index contributed by atoms with van der Waals surface area (Å²) in [5.74, 6) is -0.102. The molecule has 0 N–H and O–H groups in total. The number of aromatic nitrogens is 3. The summed E-state index contributed by atoms with van der Waals surface area (Å²) >= 11 is 0. The summed E-state index contributed by atoms with van der Waals surface area (Å²) in [4.78, 5) is 33.2. The first-order valence-corrected chi connectivity index (χ1v) is 11.6. The van der Waals surface area contributed by atoms with Gasteiger partial charge in [0.15, 0.2) is 5.65 Å². The molecule has 1 saturated heterocycles. The summed E-state index contributed by atoms with van der Waals surface area (Å²) in [6, 6.07) is 11.8. The number of hydrogen-bond acceptors (Lipinski definition) is 5. The highest BCUT2D eigenvalue weighted by Crippen LogP contribution is 2.37. The SMILES string of the molecule is COC(=O)C1(c2ccccc2)CCN(C(=O)c2cc(C(C)C)nc3c2cnn3C(C)C)CC1. The minimum atomic E-state index is -0.730. The van der Waals surface area contributed by atoms with E-state index in [0.717, 1.165) is 22.3 Å². The van der Waals surface area contributed by atoms with Crippen LogP contribution in [0.2, 0.25) is 0 Å². The number of fused-ring (bicyclic) bond motifs is 1. The lowest BCUT2D eigenvalue weighted by Gasteiger charge is -2.40. The van der Waals surface area contributed by atoms with Gasteiger partial charge in [0.1, 0.15) is 0 Å². The summed E-state index contributed by atoms with van der Waals surface area (Å²) in [7, 11) is 1.43. The number of pyridine rings is 1. The highest BCUT2D eigenvalue weighted by Gasteiger charge is 2.45. The number of carbonyl (C=O) groups is 2. The van der Waals surface area contributed by atoms with Gasteiger partial charge < -0.3 is 9.64 Å². The van der Waals surface area contributed by atoms with Crippen LogP contribution >= 0.6 is 0 Å². The number of amides is 1. The van der Waals surface area contributed by atoms with Crippen LogP contribution in [0.5, 0.6) is 0 Å². The number of nitrogens with zero attached hydrogens (tertiary/aromatic N) is 4. The van der Waals surface area contributed by atoms with Gasteiger partial charge in [0.25, 0.3) is 5.91 Å². The maximum Gasteiger partial charge on any atom is 0.316 e. The molecule has 1 amide bonds. The summed E-state index contributed by atoms with van der Waals surface area (Å²) in [6.45, 7) is 9.20. The highest BCUT2D eigenvalue weighted by atomic mass is 16.5. The molecule has 4 rings (SSSR count). The Balaban J connectivity index is 1.67. The number of rotatable bonds is 5. The van der Waals surface area contributed by atoms with Crippen LogP contribution in [0.25, 0.3) is 11.0 Å². The number of ether oxygens (including phenoxy) is 1. The summed E-state index contributed by atoms with van der Waals surface area (Å²) in [6.07, 6.45) is 2.78. The van der Waals surface area contributed by atoms with Crippen LogP contribution in [0.3, 0.4) is 0 Å². The number of hydrogen-bond donors (Lipinski definition) is 0. The van der Waals surface area contributed by atoms with Gasteiger partial charge in [-0.25, -0.2) is 9.67 Å². The molecule has 1 aliphatic rings. The predicted molar refractivity (Wildman–Crippen MR) is 127 cm³/mol. The molecule has 7 nitrogen and oxygen atoms in total. The van der Waals surface area contributed by atoms with Crippen molar-refractivity contribution in [1.29, 1.82) is 0 Å². The third kappa shape index (κ3) is 4.01. The van der Waals surface area contributed by atoms with Gasteiger partial charge in [-0.1, -0.05) is 44.2 Å². The molecule has 1 fully saturated rings. The van der Waals surface area contributed by atoms with E-state index >= 15 is 0 Å². The monoisotopic (exact) mass is 448 g/mol. The molecule has 0 radical (unpaired) electrons. The molecule has 33 heavy (non-hydrogen) atoms. The smallest absolute Gasteiger partial charge is 0.316 e.